The zero-order valence-electron chi connectivity index (χ0n) is 16.7. The van der Waals surface area contributed by atoms with Crippen LogP contribution in [0.4, 0.5) is 5.69 Å². The molecule has 3 aromatic rings. The second-order valence-corrected chi connectivity index (χ2v) is 7.21. The molecule has 0 aliphatic rings. The van der Waals surface area contributed by atoms with Crippen molar-refractivity contribution >= 4 is 29.3 Å². The molecule has 0 saturated carbocycles. The number of nitrogens with one attached hydrogen (secondary N) is 1. The van der Waals surface area contributed by atoms with Gasteiger partial charge in [0.05, 0.1) is 11.6 Å². The number of rotatable bonds is 6. The Morgan fingerprint density at radius 2 is 1.77 bits per heavy atom. The SMILES string of the molecule is Cc1ccc(NC(=O)/C(C#N)=C/c2cc(Cl)ccc2OCc2ccc(C#N)cc2)cc1. The van der Waals surface area contributed by atoms with E-state index in [9.17, 15) is 10.1 Å². The number of amides is 1. The monoisotopic (exact) mass is 427 g/mol. The summed E-state index contributed by atoms with van der Waals surface area (Å²) in [6, 6.07) is 23.3. The van der Waals surface area contributed by atoms with Crippen LogP contribution in [0.2, 0.25) is 5.02 Å². The van der Waals surface area contributed by atoms with E-state index in [1.165, 1.54) is 6.08 Å². The molecule has 0 radical (unpaired) electrons. The smallest absolute Gasteiger partial charge is 0.266 e. The highest BCUT2D eigenvalue weighted by Gasteiger charge is 2.12. The average molecular weight is 428 g/mol. The predicted molar refractivity (Wildman–Crippen MR) is 120 cm³/mol. The first-order valence-corrected chi connectivity index (χ1v) is 9.77. The molecule has 5 nitrogen and oxygen atoms in total. The van der Waals surface area contributed by atoms with Crippen molar-refractivity contribution in [1.29, 1.82) is 10.5 Å². The number of benzene rings is 3. The van der Waals surface area contributed by atoms with E-state index >= 15 is 0 Å². The Morgan fingerprint density at radius 3 is 2.42 bits per heavy atom. The molecule has 0 aliphatic carbocycles. The molecule has 0 heterocycles. The van der Waals surface area contributed by atoms with E-state index < -0.39 is 5.91 Å². The van der Waals surface area contributed by atoms with Gasteiger partial charge < -0.3 is 10.1 Å². The van der Waals surface area contributed by atoms with Gasteiger partial charge in [0, 0.05) is 16.3 Å². The Kier molecular flexibility index (Phi) is 7.06. The highest BCUT2D eigenvalue weighted by molar-refractivity contribution is 6.30. The van der Waals surface area contributed by atoms with Gasteiger partial charge in [0.25, 0.3) is 5.91 Å². The number of anilines is 1. The van der Waals surface area contributed by atoms with Crippen molar-refractivity contribution in [2.45, 2.75) is 13.5 Å². The number of carbonyl (C=O) groups is 1. The molecule has 6 heteroatoms. The summed E-state index contributed by atoms with van der Waals surface area (Å²) in [7, 11) is 0. The van der Waals surface area contributed by atoms with Crippen LogP contribution >= 0.6 is 11.6 Å². The van der Waals surface area contributed by atoms with Crippen molar-refractivity contribution in [1.82, 2.24) is 0 Å². The second-order valence-electron chi connectivity index (χ2n) is 6.77. The van der Waals surface area contributed by atoms with Crippen molar-refractivity contribution in [3.05, 3.63) is 99.6 Å². The zero-order valence-corrected chi connectivity index (χ0v) is 17.5. The minimum Gasteiger partial charge on any atom is -0.488 e. The van der Waals surface area contributed by atoms with E-state index in [0.717, 1.165) is 11.1 Å². The molecule has 0 spiro atoms. The number of hydrogen-bond donors (Lipinski definition) is 1. The van der Waals surface area contributed by atoms with Gasteiger partial charge in [-0.1, -0.05) is 41.4 Å². The highest BCUT2D eigenvalue weighted by atomic mass is 35.5. The van der Waals surface area contributed by atoms with Gasteiger partial charge in [-0.2, -0.15) is 10.5 Å². The number of hydrogen-bond acceptors (Lipinski definition) is 4. The van der Waals surface area contributed by atoms with Gasteiger partial charge in [-0.25, -0.2) is 0 Å². The first-order chi connectivity index (χ1) is 15.0. The lowest BCUT2D eigenvalue weighted by molar-refractivity contribution is -0.112. The average Bonchev–Trinajstić information content (AvgIpc) is 2.78. The van der Waals surface area contributed by atoms with Gasteiger partial charge in [0.2, 0.25) is 0 Å². The molecule has 152 valence electrons. The van der Waals surface area contributed by atoms with Gasteiger partial charge in [0.15, 0.2) is 0 Å². The van der Waals surface area contributed by atoms with E-state index in [1.807, 2.05) is 25.1 Å². The molecule has 0 atom stereocenters. The number of ether oxygens (including phenoxy) is 1. The second kappa shape index (κ2) is 10.1. The number of nitrogens with zero attached hydrogens (tertiary/aromatic N) is 2. The number of aryl methyl sites for hydroxylation is 1. The van der Waals surface area contributed by atoms with E-state index in [1.54, 1.807) is 54.6 Å². The van der Waals surface area contributed by atoms with Gasteiger partial charge in [-0.05, 0) is 61.0 Å². The number of halogens is 1. The van der Waals surface area contributed by atoms with E-state index in [2.05, 4.69) is 11.4 Å². The first kappa shape index (κ1) is 21.6. The lowest BCUT2D eigenvalue weighted by Gasteiger charge is -2.11. The Hall–Kier alpha value is -4.06. The summed E-state index contributed by atoms with van der Waals surface area (Å²) in [5.41, 5.74) is 3.54. The molecule has 0 aliphatic heterocycles. The fourth-order valence-corrected chi connectivity index (χ4v) is 2.92. The maximum atomic E-state index is 12.6. The number of carbonyl (C=O) groups excluding carboxylic acids is 1. The van der Waals surface area contributed by atoms with Crippen LogP contribution in [0.15, 0.2) is 72.3 Å². The minimum absolute atomic E-state index is 0.0777. The van der Waals surface area contributed by atoms with Crippen molar-refractivity contribution < 1.29 is 9.53 Å². The van der Waals surface area contributed by atoms with Crippen LogP contribution in [0.5, 0.6) is 5.75 Å². The van der Waals surface area contributed by atoms with Gasteiger partial charge >= 0.3 is 0 Å². The standard InChI is InChI=1S/C25H18ClN3O2/c1-17-2-9-23(10-3-17)29-25(30)21(15-28)12-20-13-22(26)8-11-24(20)31-16-19-6-4-18(14-27)5-7-19/h2-13H,16H2,1H3,(H,29,30)/b21-12+. The van der Waals surface area contributed by atoms with Gasteiger partial charge in [-0.3, -0.25) is 4.79 Å². The van der Waals surface area contributed by atoms with Crippen molar-refractivity contribution in [3.8, 4) is 17.9 Å². The summed E-state index contributed by atoms with van der Waals surface area (Å²) < 4.78 is 5.88. The largest absolute Gasteiger partial charge is 0.488 e. The summed E-state index contributed by atoms with van der Waals surface area (Å²) in [4.78, 5) is 12.6. The lowest BCUT2D eigenvalue weighted by atomic mass is 10.1. The summed E-state index contributed by atoms with van der Waals surface area (Å²) in [6.07, 6.45) is 1.45. The van der Waals surface area contributed by atoms with E-state index in [-0.39, 0.29) is 12.2 Å². The first-order valence-electron chi connectivity index (χ1n) is 9.39. The predicted octanol–water partition coefficient (Wildman–Crippen LogP) is 5.64. The molecule has 0 fully saturated rings. The fraction of sp³-hybridized carbons (Fsp3) is 0.0800. The van der Waals surface area contributed by atoms with Crippen LogP contribution in [0.1, 0.15) is 22.3 Å². The topological polar surface area (TPSA) is 85.9 Å². The minimum atomic E-state index is -0.524. The van der Waals surface area contributed by atoms with Crippen LogP contribution in [0.3, 0.4) is 0 Å². The quantitative estimate of drug-likeness (QED) is 0.407. The molecule has 0 aromatic heterocycles. The van der Waals surface area contributed by atoms with Crippen LogP contribution in [-0.2, 0) is 11.4 Å². The van der Waals surface area contributed by atoms with Crippen LogP contribution < -0.4 is 10.1 Å². The summed E-state index contributed by atoms with van der Waals surface area (Å²) in [6.45, 7) is 2.20. The third kappa shape index (κ3) is 5.96. The summed E-state index contributed by atoms with van der Waals surface area (Å²) in [5.74, 6) is -0.0472. The molecule has 3 aromatic carbocycles. The molecule has 0 unspecified atom stereocenters. The molecular weight excluding hydrogens is 410 g/mol. The van der Waals surface area contributed by atoms with Crippen molar-refractivity contribution in [2.24, 2.45) is 0 Å². The molecule has 0 saturated heterocycles. The van der Waals surface area contributed by atoms with E-state index in [4.69, 9.17) is 21.6 Å². The van der Waals surface area contributed by atoms with Crippen LogP contribution in [-0.4, -0.2) is 5.91 Å². The Labute approximate surface area is 185 Å². The molecule has 3 rings (SSSR count). The Bertz CT molecular complexity index is 1200. The third-order valence-corrected chi connectivity index (χ3v) is 4.66. The third-order valence-electron chi connectivity index (χ3n) is 4.42. The normalized spacial score (nSPS) is 10.6. The Morgan fingerprint density at radius 1 is 1.06 bits per heavy atom. The van der Waals surface area contributed by atoms with Crippen molar-refractivity contribution in [3.63, 3.8) is 0 Å². The fourth-order valence-electron chi connectivity index (χ4n) is 2.74. The van der Waals surface area contributed by atoms with Crippen molar-refractivity contribution in [2.75, 3.05) is 5.32 Å². The number of nitriles is 2. The zero-order chi connectivity index (χ0) is 22.2. The molecular formula is C25H18ClN3O2. The molecule has 1 N–H and O–H groups in total. The maximum Gasteiger partial charge on any atom is 0.266 e. The van der Waals surface area contributed by atoms with E-state index in [0.29, 0.717) is 27.6 Å². The molecule has 0 bridgehead atoms. The van der Waals surface area contributed by atoms with Gasteiger partial charge in [0.1, 0.15) is 24.0 Å². The maximum absolute atomic E-state index is 12.6. The summed E-state index contributed by atoms with van der Waals surface area (Å²) in [5, 5.41) is 21.6. The van der Waals surface area contributed by atoms with Gasteiger partial charge in [-0.15, -0.1) is 0 Å². The molecule has 31 heavy (non-hydrogen) atoms. The highest BCUT2D eigenvalue weighted by Crippen LogP contribution is 2.26. The summed E-state index contributed by atoms with van der Waals surface area (Å²) >= 11 is 6.12. The lowest BCUT2D eigenvalue weighted by Crippen LogP contribution is -2.13. The Balaban J connectivity index is 1.80. The van der Waals surface area contributed by atoms with Crippen LogP contribution in [0.25, 0.3) is 6.08 Å². The van der Waals surface area contributed by atoms with Crippen LogP contribution in [0, 0.1) is 29.6 Å². The molecule has 1 amide bonds.